The summed E-state index contributed by atoms with van der Waals surface area (Å²) in [5.41, 5.74) is 1.03. The summed E-state index contributed by atoms with van der Waals surface area (Å²) in [7, 11) is 2.96. The van der Waals surface area contributed by atoms with Crippen LogP contribution in [-0.2, 0) is 0 Å². The number of benzene rings is 2. The van der Waals surface area contributed by atoms with Gasteiger partial charge in [-0.1, -0.05) is 0 Å². The van der Waals surface area contributed by atoms with Crippen molar-refractivity contribution in [1.29, 1.82) is 0 Å². The summed E-state index contributed by atoms with van der Waals surface area (Å²) in [4.78, 5) is 12.2. The largest absolute Gasteiger partial charge is 0.496 e. The zero-order valence-corrected chi connectivity index (χ0v) is 12.4. The zero-order valence-electron chi connectivity index (χ0n) is 12.4. The molecule has 0 saturated carbocycles. The van der Waals surface area contributed by atoms with Gasteiger partial charge < -0.3 is 14.8 Å². The smallest absolute Gasteiger partial charge is 0.255 e. The first-order valence-electron chi connectivity index (χ1n) is 6.44. The Morgan fingerprint density at radius 1 is 0.955 bits per heavy atom. The maximum absolute atomic E-state index is 13.1. The summed E-state index contributed by atoms with van der Waals surface area (Å²) in [5, 5.41) is 2.43. The highest BCUT2D eigenvalue weighted by atomic mass is 19.1. The summed E-state index contributed by atoms with van der Waals surface area (Å²) >= 11 is 0. The molecule has 0 radical (unpaired) electrons. The fraction of sp³-hybridized carbons (Fsp3) is 0.188. The summed E-state index contributed by atoms with van der Waals surface area (Å²) in [6.07, 6.45) is 0. The molecule has 1 N–H and O–H groups in total. The number of halogens is 2. The fourth-order valence-corrected chi connectivity index (χ4v) is 2.05. The maximum Gasteiger partial charge on any atom is 0.255 e. The second-order valence-electron chi connectivity index (χ2n) is 4.62. The Hall–Kier alpha value is -2.63. The topological polar surface area (TPSA) is 47.6 Å². The number of amides is 1. The lowest BCUT2D eigenvalue weighted by atomic mass is 10.1. The monoisotopic (exact) mass is 307 g/mol. The van der Waals surface area contributed by atoms with Crippen molar-refractivity contribution in [2.24, 2.45) is 0 Å². The highest BCUT2D eigenvalue weighted by molar-refractivity contribution is 6.05. The average molecular weight is 307 g/mol. The number of methoxy groups -OCH3 is 2. The highest BCUT2D eigenvalue weighted by Gasteiger charge is 2.14. The molecule has 1 amide bonds. The molecule has 22 heavy (non-hydrogen) atoms. The second kappa shape index (κ2) is 6.43. The van der Waals surface area contributed by atoms with Gasteiger partial charge in [0, 0.05) is 22.9 Å². The molecule has 2 aromatic rings. The van der Waals surface area contributed by atoms with Gasteiger partial charge in [0.15, 0.2) is 0 Å². The molecule has 0 aliphatic heterocycles. The summed E-state index contributed by atoms with van der Waals surface area (Å²) < 4.78 is 36.7. The van der Waals surface area contributed by atoms with Crippen molar-refractivity contribution in [2.75, 3.05) is 19.5 Å². The van der Waals surface area contributed by atoms with Gasteiger partial charge in [0.2, 0.25) is 0 Å². The molecule has 116 valence electrons. The molecule has 0 spiro atoms. The van der Waals surface area contributed by atoms with Crippen molar-refractivity contribution in [2.45, 2.75) is 6.92 Å². The number of carbonyl (C=O) groups excluding carboxylic acids is 1. The number of carbonyl (C=O) groups is 1. The predicted octanol–water partition coefficient (Wildman–Crippen LogP) is 3.54. The lowest BCUT2D eigenvalue weighted by molar-refractivity contribution is 0.102. The van der Waals surface area contributed by atoms with E-state index in [1.54, 1.807) is 6.92 Å². The molecule has 0 aliphatic carbocycles. The van der Waals surface area contributed by atoms with Crippen LogP contribution in [0.5, 0.6) is 11.5 Å². The van der Waals surface area contributed by atoms with Crippen LogP contribution in [-0.4, -0.2) is 20.1 Å². The van der Waals surface area contributed by atoms with Crippen LogP contribution in [0.3, 0.4) is 0 Å². The molecule has 4 nitrogen and oxygen atoms in total. The van der Waals surface area contributed by atoms with Crippen LogP contribution in [0.25, 0.3) is 0 Å². The van der Waals surface area contributed by atoms with Gasteiger partial charge in [-0.15, -0.1) is 0 Å². The standard InChI is InChI=1S/C16H15F2NO3/c1-9-14(21-2)4-10(5-15(9)22-3)16(20)19-13-7-11(17)6-12(18)8-13/h4-8H,1-3H3,(H,19,20). The number of hydrogen-bond acceptors (Lipinski definition) is 3. The third-order valence-electron chi connectivity index (χ3n) is 3.13. The van der Waals surface area contributed by atoms with E-state index in [4.69, 9.17) is 9.47 Å². The first-order valence-corrected chi connectivity index (χ1v) is 6.44. The summed E-state index contributed by atoms with van der Waals surface area (Å²) in [5.74, 6) is -1.10. The second-order valence-corrected chi connectivity index (χ2v) is 4.62. The van der Waals surface area contributed by atoms with E-state index in [9.17, 15) is 13.6 Å². The lowest BCUT2D eigenvalue weighted by Gasteiger charge is -2.13. The average Bonchev–Trinajstić information content (AvgIpc) is 2.46. The minimum atomic E-state index is -0.769. The summed E-state index contributed by atoms with van der Waals surface area (Å²) in [6, 6.07) is 5.85. The van der Waals surface area contributed by atoms with Crippen molar-refractivity contribution in [3.63, 3.8) is 0 Å². The van der Waals surface area contributed by atoms with Crippen molar-refractivity contribution in [3.8, 4) is 11.5 Å². The normalized spacial score (nSPS) is 10.2. The van der Waals surface area contributed by atoms with Crippen LogP contribution < -0.4 is 14.8 Å². The lowest BCUT2D eigenvalue weighted by Crippen LogP contribution is -2.13. The van der Waals surface area contributed by atoms with Crippen molar-refractivity contribution in [1.82, 2.24) is 0 Å². The first kappa shape index (κ1) is 15.8. The van der Waals surface area contributed by atoms with E-state index < -0.39 is 17.5 Å². The fourth-order valence-electron chi connectivity index (χ4n) is 2.05. The number of hydrogen-bond donors (Lipinski definition) is 1. The van der Waals surface area contributed by atoms with E-state index in [1.165, 1.54) is 26.4 Å². The third-order valence-corrected chi connectivity index (χ3v) is 3.13. The Morgan fingerprint density at radius 2 is 1.45 bits per heavy atom. The van der Waals surface area contributed by atoms with Gasteiger partial charge in [-0.05, 0) is 31.2 Å². The van der Waals surface area contributed by atoms with Gasteiger partial charge >= 0.3 is 0 Å². The minimum Gasteiger partial charge on any atom is -0.496 e. The van der Waals surface area contributed by atoms with Gasteiger partial charge in [0.25, 0.3) is 5.91 Å². The van der Waals surface area contributed by atoms with E-state index in [0.29, 0.717) is 11.5 Å². The Kier molecular flexibility index (Phi) is 4.60. The zero-order chi connectivity index (χ0) is 16.3. The van der Waals surface area contributed by atoms with Crippen LogP contribution in [0.15, 0.2) is 30.3 Å². The van der Waals surface area contributed by atoms with E-state index in [2.05, 4.69) is 5.32 Å². The Bertz CT molecular complexity index is 671. The molecule has 0 unspecified atom stereocenters. The molecule has 0 heterocycles. The van der Waals surface area contributed by atoms with Crippen LogP contribution in [0.1, 0.15) is 15.9 Å². The van der Waals surface area contributed by atoms with Gasteiger partial charge in [0.1, 0.15) is 23.1 Å². The molecule has 0 fully saturated rings. The number of ether oxygens (including phenoxy) is 2. The molecule has 6 heteroatoms. The number of anilines is 1. The maximum atomic E-state index is 13.1. The Morgan fingerprint density at radius 3 is 1.91 bits per heavy atom. The molecular weight excluding hydrogens is 292 g/mol. The van der Waals surface area contributed by atoms with E-state index in [1.807, 2.05) is 0 Å². The van der Waals surface area contributed by atoms with Crippen LogP contribution in [0.2, 0.25) is 0 Å². The van der Waals surface area contributed by atoms with Crippen molar-refractivity contribution in [3.05, 3.63) is 53.1 Å². The van der Waals surface area contributed by atoms with Crippen molar-refractivity contribution < 1.29 is 23.0 Å². The predicted molar refractivity (Wildman–Crippen MR) is 78.6 cm³/mol. The third kappa shape index (κ3) is 3.33. The molecule has 0 aliphatic rings. The molecule has 0 atom stereocenters. The van der Waals surface area contributed by atoms with Gasteiger partial charge in [-0.2, -0.15) is 0 Å². The number of nitrogens with one attached hydrogen (secondary N) is 1. The molecule has 0 bridgehead atoms. The van der Waals surface area contributed by atoms with Gasteiger partial charge in [-0.25, -0.2) is 8.78 Å². The molecule has 0 saturated heterocycles. The van der Waals surface area contributed by atoms with E-state index >= 15 is 0 Å². The SMILES string of the molecule is COc1cc(C(=O)Nc2cc(F)cc(F)c2)cc(OC)c1C. The summed E-state index contributed by atoms with van der Waals surface area (Å²) in [6.45, 7) is 1.79. The highest BCUT2D eigenvalue weighted by Crippen LogP contribution is 2.29. The molecular formula is C16H15F2NO3. The quantitative estimate of drug-likeness (QED) is 0.940. The number of rotatable bonds is 4. The van der Waals surface area contributed by atoms with Crippen LogP contribution in [0.4, 0.5) is 14.5 Å². The van der Waals surface area contributed by atoms with Crippen LogP contribution >= 0.6 is 0 Å². The van der Waals surface area contributed by atoms with Gasteiger partial charge in [-0.3, -0.25) is 4.79 Å². The Balaban J connectivity index is 2.33. The minimum absolute atomic E-state index is 0.0287. The molecule has 2 aromatic carbocycles. The van der Waals surface area contributed by atoms with Gasteiger partial charge in [0.05, 0.1) is 14.2 Å². The van der Waals surface area contributed by atoms with E-state index in [0.717, 1.165) is 23.8 Å². The van der Waals surface area contributed by atoms with Crippen LogP contribution in [0, 0.1) is 18.6 Å². The Labute approximate surface area is 126 Å². The molecule has 0 aromatic heterocycles. The van der Waals surface area contributed by atoms with E-state index in [-0.39, 0.29) is 11.3 Å². The van der Waals surface area contributed by atoms with Crippen molar-refractivity contribution >= 4 is 11.6 Å². The molecule has 2 rings (SSSR count). The first-order chi connectivity index (χ1) is 10.4.